The van der Waals surface area contributed by atoms with Crippen LogP contribution in [0.4, 0.5) is 11.4 Å². The molecule has 0 heterocycles. The molecule has 0 saturated carbocycles. The Labute approximate surface area is 125 Å². The minimum absolute atomic E-state index is 0.125. The minimum Gasteiger partial charge on any atom is -0.450 e. The summed E-state index contributed by atoms with van der Waals surface area (Å²) in [5.74, 6) is 0.496. The maximum Gasteiger partial charge on any atom is 0.334 e. The van der Waals surface area contributed by atoms with Crippen molar-refractivity contribution in [2.24, 2.45) is 0 Å². The summed E-state index contributed by atoms with van der Waals surface area (Å²) in [6.07, 6.45) is 0. The van der Waals surface area contributed by atoms with Crippen molar-refractivity contribution in [3.05, 3.63) is 56.6 Å². The van der Waals surface area contributed by atoms with Crippen LogP contribution in [0.3, 0.4) is 0 Å². The molecule has 2 aromatic rings. The number of halogens is 2. The molecule has 5 nitrogen and oxygen atoms in total. The van der Waals surface area contributed by atoms with Gasteiger partial charge in [-0.1, -0.05) is 29.3 Å². The zero-order valence-corrected chi connectivity index (χ0v) is 11.9. The van der Waals surface area contributed by atoms with Gasteiger partial charge in [0.15, 0.2) is 0 Å². The molecule has 0 aliphatic heterocycles. The van der Waals surface area contributed by atoms with Crippen LogP contribution in [-0.2, 0) is 0 Å². The van der Waals surface area contributed by atoms with E-state index in [1.165, 1.54) is 12.1 Å². The summed E-state index contributed by atoms with van der Waals surface area (Å²) in [5, 5.41) is 14.6. The number of hydrogen-bond donors (Lipinski definition) is 1. The molecular weight excluding hydrogens is 303 g/mol. The lowest BCUT2D eigenvalue weighted by molar-refractivity contribution is -0.384. The van der Waals surface area contributed by atoms with Crippen LogP contribution in [0.1, 0.15) is 0 Å². The molecule has 0 aromatic heterocycles. The van der Waals surface area contributed by atoms with E-state index in [0.717, 1.165) is 0 Å². The van der Waals surface area contributed by atoms with Gasteiger partial charge in [0.1, 0.15) is 11.4 Å². The smallest absolute Gasteiger partial charge is 0.334 e. The number of nitrogens with zero attached hydrogens (tertiary/aromatic N) is 1. The number of rotatable bonds is 4. The Balaban J connectivity index is 2.42. The Hall–Kier alpha value is -1.98. The molecule has 0 amide bonds. The van der Waals surface area contributed by atoms with Crippen LogP contribution in [0.2, 0.25) is 10.0 Å². The lowest BCUT2D eigenvalue weighted by Crippen LogP contribution is -1.99. The van der Waals surface area contributed by atoms with E-state index in [1.54, 1.807) is 31.3 Å². The topological polar surface area (TPSA) is 64.4 Å². The number of nitrogens with one attached hydrogen (secondary N) is 1. The van der Waals surface area contributed by atoms with Crippen LogP contribution in [0.25, 0.3) is 0 Å². The van der Waals surface area contributed by atoms with E-state index < -0.39 is 4.92 Å². The predicted molar refractivity (Wildman–Crippen MR) is 79.2 cm³/mol. The Morgan fingerprint density at radius 3 is 2.55 bits per heavy atom. The van der Waals surface area contributed by atoms with E-state index in [2.05, 4.69) is 5.32 Å². The van der Waals surface area contributed by atoms with Gasteiger partial charge >= 0.3 is 5.69 Å². The normalized spacial score (nSPS) is 10.2. The van der Waals surface area contributed by atoms with Crippen LogP contribution in [0.15, 0.2) is 36.4 Å². The molecule has 0 fully saturated rings. The second-order valence-electron chi connectivity index (χ2n) is 3.84. The molecule has 7 heteroatoms. The molecule has 0 unspecified atom stereocenters. The fourth-order valence-electron chi connectivity index (χ4n) is 1.66. The predicted octanol–water partition coefficient (Wildman–Crippen LogP) is 4.74. The second-order valence-corrected chi connectivity index (χ2v) is 4.65. The number of ether oxygens (including phenoxy) is 1. The molecular formula is C13H10Cl2N2O3. The van der Waals surface area contributed by atoms with Gasteiger partial charge < -0.3 is 10.1 Å². The zero-order valence-electron chi connectivity index (χ0n) is 10.4. The molecule has 1 N–H and O–H groups in total. The van der Waals surface area contributed by atoms with E-state index in [-0.39, 0.29) is 11.4 Å². The van der Waals surface area contributed by atoms with Crippen molar-refractivity contribution in [2.75, 3.05) is 12.4 Å². The first-order valence-electron chi connectivity index (χ1n) is 5.61. The van der Waals surface area contributed by atoms with Gasteiger partial charge in [0.25, 0.3) is 0 Å². The summed E-state index contributed by atoms with van der Waals surface area (Å²) in [6.45, 7) is 0. The first-order chi connectivity index (χ1) is 9.52. The highest BCUT2D eigenvalue weighted by molar-refractivity contribution is 6.42. The van der Waals surface area contributed by atoms with Gasteiger partial charge in [0.2, 0.25) is 5.75 Å². The van der Waals surface area contributed by atoms with Crippen LogP contribution in [0, 0.1) is 10.1 Å². The Kier molecular flexibility index (Phi) is 4.32. The number of anilines is 1. The van der Waals surface area contributed by atoms with Crippen molar-refractivity contribution in [3.63, 3.8) is 0 Å². The Morgan fingerprint density at radius 2 is 1.95 bits per heavy atom. The number of benzene rings is 2. The second kappa shape index (κ2) is 5.98. The van der Waals surface area contributed by atoms with Gasteiger partial charge in [-0.3, -0.25) is 10.1 Å². The third-order valence-electron chi connectivity index (χ3n) is 2.57. The van der Waals surface area contributed by atoms with Gasteiger partial charge in [-0.2, -0.15) is 0 Å². The molecule has 0 aliphatic rings. The van der Waals surface area contributed by atoms with Crippen LogP contribution < -0.4 is 10.1 Å². The van der Waals surface area contributed by atoms with E-state index in [9.17, 15) is 10.1 Å². The standard InChI is InChI=1S/C13H10Cl2N2O3/c1-16-11-3-2-4-12(13(11)17(18)19)20-8-5-6-9(14)10(15)7-8/h2-7,16H,1H3. The lowest BCUT2D eigenvalue weighted by atomic mass is 10.2. The lowest BCUT2D eigenvalue weighted by Gasteiger charge is -2.09. The van der Waals surface area contributed by atoms with E-state index in [0.29, 0.717) is 21.5 Å². The monoisotopic (exact) mass is 312 g/mol. The molecule has 0 aliphatic carbocycles. The fourth-order valence-corrected chi connectivity index (χ4v) is 1.95. The zero-order chi connectivity index (χ0) is 14.7. The van der Waals surface area contributed by atoms with E-state index in [1.807, 2.05) is 0 Å². The van der Waals surface area contributed by atoms with Gasteiger partial charge in [0, 0.05) is 13.1 Å². The number of nitro benzene ring substituents is 1. The van der Waals surface area contributed by atoms with Crippen molar-refractivity contribution >= 4 is 34.6 Å². The quantitative estimate of drug-likeness (QED) is 0.654. The van der Waals surface area contributed by atoms with Crippen molar-refractivity contribution in [1.29, 1.82) is 0 Å². The maximum atomic E-state index is 11.2. The molecule has 20 heavy (non-hydrogen) atoms. The average molecular weight is 313 g/mol. The largest absolute Gasteiger partial charge is 0.450 e. The third-order valence-corrected chi connectivity index (χ3v) is 3.31. The molecule has 0 spiro atoms. The maximum absolute atomic E-state index is 11.2. The summed E-state index contributed by atoms with van der Waals surface area (Å²) >= 11 is 11.7. The highest BCUT2D eigenvalue weighted by Crippen LogP contribution is 2.38. The van der Waals surface area contributed by atoms with Crippen LogP contribution >= 0.6 is 23.2 Å². The van der Waals surface area contributed by atoms with Crippen molar-refractivity contribution in [3.8, 4) is 11.5 Å². The van der Waals surface area contributed by atoms with Gasteiger partial charge in [-0.05, 0) is 24.3 Å². The Morgan fingerprint density at radius 1 is 1.20 bits per heavy atom. The highest BCUT2D eigenvalue weighted by Gasteiger charge is 2.20. The fraction of sp³-hybridized carbons (Fsp3) is 0.0769. The van der Waals surface area contributed by atoms with Gasteiger partial charge in [0.05, 0.1) is 15.0 Å². The van der Waals surface area contributed by atoms with Gasteiger partial charge in [-0.25, -0.2) is 0 Å². The molecule has 0 saturated heterocycles. The van der Waals surface area contributed by atoms with Crippen LogP contribution in [0.5, 0.6) is 11.5 Å². The molecule has 0 radical (unpaired) electrons. The summed E-state index contributed by atoms with van der Waals surface area (Å²) in [6, 6.07) is 9.42. The first-order valence-corrected chi connectivity index (χ1v) is 6.36. The van der Waals surface area contributed by atoms with E-state index in [4.69, 9.17) is 27.9 Å². The summed E-state index contributed by atoms with van der Waals surface area (Å²) in [5.41, 5.74) is 0.230. The molecule has 0 bridgehead atoms. The Bertz CT molecular complexity index is 662. The highest BCUT2D eigenvalue weighted by atomic mass is 35.5. The van der Waals surface area contributed by atoms with Crippen molar-refractivity contribution in [2.45, 2.75) is 0 Å². The molecule has 104 valence electrons. The third kappa shape index (κ3) is 2.95. The van der Waals surface area contributed by atoms with Crippen molar-refractivity contribution < 1.29 is 9.66 Å². The SMILES string of the molecule is CNc1cccc(Oc2ccc(Cl)c(Cl)c2)c1[N+](=O)[O-]. The van der Waals surface area contributed by atoms with Crippen molar-refractivity contribution in [1.82, 2.24) is 0 Å². The molecule has 2 rings (SSSR count). The number of nitro groups is 1. The average Bonchev–Trinajstić information content (AvgIpc) is 2.42. The van der Waals surface area contributed by atoms with Gasteiger partial charge in [-0.15, -0.1) is 0 Å². The van der Waals surface area contributed by atoms with Crippen LogP contribution in [-0.4, -0.2) is 12.0 Å². The summed E-state index contributed by atoms with van der Waals surface area (Å²) in [4.78, 5) is 10.6. The number of hydrogen-bond acceptors (Lipinski definition) is 4. The summed E-state index contributed by atoms with van der Waals surface area (Å²) in [7, 11) is 1.60. The minimum atomic E-state index is -0.501. The first kappa shape index (κ1) is 14.4. The number of para-hydroxylation sites is 1. The van der Waals surface area contributed by atoms with E-state index >= 15 is 0 Å². The summed E-state index contributed by atoms with van der Waals surface area (Å²) < 4.78 is 5.52. The molecule has 2 aromatic carbocycles. The molecule has 0 atom stereocenters.